The van der Waals surface area contributed by atoms with Crippen molar-refractivity contribution in [2.24, 2.45) is 0 Å². The van der Waals surface area contributed by atoms with E-state index in [0.29, 0.717) is 12.1 Å². The maximum atomic E-state index is 5.09. The van der Waals surface area contributed by atoms with Gasteiger partial charge in [0.2, 0.25) is 0 Å². The molecule has 0 aliphatic heterocycles. The third-order valence-corrected chi connectivity index (χ3v) is 1.51. The van der Waals surface area contributed by atoms with Crippen LogP contribution in [0.1, 0.15) is 27.2 Å². The van der Waals surface area contributed by atoms with Gasteiger partial charge >= 0.3 is 0 Å². The van der Waals surface area contributed by atoms with E-state index in [9.17, 15) is 0 Å². The molecule has 0 saturated heterocycles. The Labute approximate surface area is 64.0 Å². The first kappa shape index (κ1) is 9.92. The van der Waals surface area contributed by atoms with E-state index in [0.717, 1.165) is 13.0 Å². The molecule has 0 rings (SSSR count). The van der Waals surface area contributed by atoms with E-state index in [4.69, 9.17) is 4.74 Å². The van der Waals surface area contributed by atoms with Gasteiger partial charge in [-0.05, 0) is 19.9 Å². The van der Waals surface area contributed by atoms with Gasteiger partial charge in [-0.2, -0.15) is 0 Å². The van der Waals surface area contributed by atoms with Crippen LogP contribution in [0.3, 0.4) is 0 Å². The van der Waals surface area contributed by atoms with E-state index in [2.05, 4.69) is 26.1 Å². The number of methoxy groups -OCH3 is 1. The van der Waals surface area contributed by atoms with Crippen molar-refractivity contribution in [2.75, 3.05) is 13.7 Å². The second-order valence-electron chi connectivity index (χ2n) is 2.94. The Balaban J connectivity index is 3.03. The van der Waals surface area contributed by atoms with E-state index >= 15 is 0 Å². The number of hydrogen-bond donors (Lipinski definition) is 1. The Hall–Kier alpha value is -0.0800. The molecular formula is C8H19NO. The van der Waals surface area contributed by atoms with Gasteiger partial charge in [0, 0.05) is 13.2 Å². The highest BCUT2D eigenvalue weighted by Gasteiger charge is 1.98. The van der Waals surface area contributed by atoms with Crippen molar-refractivity contribution in [2.45, 2.75) is 39.3 Å². The van der Waals surface area contributed by atoms with E-state index < -0.39 is 0 Å². The summed E-state index contributed by atoms with van der Waals surface area (Å²) >= 11 is 0. The van der Waals surface area contributed by atoms with Gasteiger partial charge in [-0.25, -0.2) is 0 Å². The number of nitrogens with one attached hydrogen (secondary N) is 1. The Kier molecular flexibility index (Phi) is 5.64. The summed E-state index contributed by atoms with van der Waals surface area (Å²) in [7, 11) is 1.75. The minimum atomic E-state index is 0.381. The fourth-order valence-corrected chi connectivity index (χ4v) is 0.693. The molecule has 0 aromatic carbocycles. The van der Waals surface area contributed by atoms with Gasteiger partial charge in [-0.3, -0.25) is 0 Å². The summed E-state index contributed by atoms with van der Waals surface area (Å²) in [5.74, 6) is 0. The quantitative estimate of drug-likeness (QED) is 0.631. The maximum absolute atomic E-state index is 5.09. The Bertz CT molecular complexity index is 73.7. The molecule has 10 heavy (non-hydrogen) atoms. The predicted molar refractivity (Wildman–Crippen MR) is 44.2 cm³/mol. The second-order valence-corrected chi connectivity index (χ2v) is 2.94. The van der Waals surface area contributed by atoms with Gasteiger partial charge in [0.1, 0.15) is 0 Å². The van der Waals surface area contributed by atoms with Crippen molar-refractivity contribution in [3.05, 3.63) is 0 Å². The van der Waals surface area contributed by atoms with Crippen LogP contribution >= 0.6 is 0 Å². The van der Waals surface area contributed by atoms with Crippen molar-refractivity contribution >= 4 is 0 Å². The smallest absolute Gasteiger partial charge is 0.0555 e. The first-order valence-corrected chi connectivity index (χ1v) is 3.93. The SMILES string of the molecule is COC(C)CCNC(C)C. The fraction of sp³-hybridized carbons (Fsp3) is 1.00. The van der Waals surface area contributed by atoms with Crippen molar-refractivity contribution < 1.29 is 4.74 Å². The Morgan fingerprint density at radius 3 is 2.30 bits per heavy atom. The molecule has 0 fully saturated rings. The van der Waals surface area contributed by atoms with Crippen LogP contribution in [0.15, 0.2) is 0 Å². The number of hydrogen-bond acceptors (Lipinski definition) is 2. The maximum Gasteiger partial charge on any atom is 0.0555 e. The third-order valence-electron chi connectivity index (χ3n) is 1.51. The van der Waals surface area contributed by atoms with Crippen LogP contribution in [-0.2, 0) is 4.74 Å². The standard InChI is InChI=1S/C8H19NO/c1-7(2)9-6-5-8(3)10-4/h7-9H,5-6H2,1-4H3. The molecule has 62 valence electrons. The van der Waals surface area contributed by atoms with Crippen LogP contribution < -0.4 is 5.32 Å². The van der Waals surface area contributed by atoms with Crippen LogP contribution in [0, 0.1) is 0 Å². The van der Waals surface area contributed by atoms with Gasteiger partial charge in [0.25, 0.3) is 0 Å². The monoisotopic (exact) mass is 145 g/mol. The minimum Gasteiger partial charge on any atom is -0.382 e. The van der Waals surface area contributed by atoms with E-state index in [1.165, 1.54) is 0 Å². The number of rotatable bonds is 5. The summed E-state index contributed by atoms with van der Waals surface area (Å²) in [5.41, 5.74) is 0. The Morgan fingerprint density at radius 2 is 1.90 bits per heavy atom. The van der Waals surface area contributed by atoms with E-state index in [1.807, 2.05) is 0 Å². The van der Waals surface area contributed by atoms with Crippen LogP contribution in [0.4, 0.5) is 0 Å². The lowest BCUT2D eigenvalue weighted by atomic mass is 10.2. The van der Waals surface area contributed by atoms with Crippen LogP contribution in [0.5, 0.6) is 0 Å². The average Bonchev–Trinajstić information content (AvgIpc) is 1.87. The van der Waals surface area contributed by atoms with Crippen LogP contribution in [-0.4, -0.2) is 25.8 Å². The first-order chi connectivity index (χ1) is 4.66. The molecule has 0 aliphatic rings. The zero-order chi connectivity index (χ0) is 7.98. The molecule has 0 heterocycles. The summed E-state index contributed by atoms with van der Waals surface area (Å²) < 4.78 is 5.09. The molecule has 0 radical (unpaired) electrons. The van der Waals surface area contributed by atoms with Gasteiger partial charge in [-0.15, -0.1) is 0 Å². The molecule has 0 aromatic rings. The lowest BCUT2D eigenvalue weighted by Gasteiger charge is -2.11. The van der Waals surface area contributed by atoms with Gasteiger partial charge in [-0.1, -0.05) is 13.8 Å². The molecule has 0 amide bonds. The summed E-state index contributed by atoms with van der Waals surface area (Å²) in [5, 5.41) is 3.33. The molecule has 0 bridgehead atoms. The molecule has 0 aliphatic carbocycles. The summed E-state index contributed by atoms with van der Waals surface area (Å²) in [6.07, 6.45) is 1.47. The molecule has 0 spiro atoms. The van der Waals surface area contributed by atoms with Gasteiger partial charge < -0.3 is 10.1 Å². The Morgan fingerprint density at radius 1 is 1.30 bits per heavy atom. The topological polar surface area (TPSA) is 21.3 Å². The molecule has 2 heteroatoms. The highest BCUT2D eigenvalue weighted by atomic mass is 16.5. The van der Waals surface area contributed by atoms with Crippen molar-refractivity contribution in [1.82, 2.24) is 5.32 Å². The zero-order valence-electron chi connectivity index (χ0n) is 7.48. The molecule has 1 N–H and O–H groups in total. The van der Waals surface area contributed by atoms with Crippen molar-refractivity contribution in [1.29, 1.82) is 0 Å². The zero-order valence-corrected chi connectivity index (χ0v) is 7.48. The minimum absolute atomic E-state index is 0.381. The van der Waals surface area contributed by atoms with Crippen LogP contribution in [0.2, 0.25) is 0 Å². The van der Waals surface area contributed by atoms with E-state index in [1.54, 1.807) is 7.11 Å². The largest absolute Gasteiger partial charge is 0.382 e. The van der Waals surface area contributed by atoms with Gasteiger partial charge in [0.05, 0.1) is 6.10 Å². The molecule has 1 unspecified atom stereocenters. The molecular weight excluding hydrogens is 126 g/mol. The lowest BCUT2D eigenvalue weighted by molar-refractivity contribution is 0.110. The van der Waals surface area contributed by atoms with Crippen molar-refractivity contribution in [3.63, 3.8) is 0 Å². The summed E-state index contributed by atoms with van der Waals surface area (Å²) in [6.45, 7) is 7.43. The predicted octanol–water partition coefficient (Wildman–Crippen LogP) is 1.41. The van der Waals surface area contributed by atoms with Crippen molar-refractivity contribution in [3.8, 4) is 0 Å². The molecule has 2 nitrogen and oxygen atoms in total. The summed E-state index contributed by atoms with van der Waals surface area (Å²) in [6, 6.07) is 0.587. The third kappa shape index (κ3) is 6.05. The summed E-state index contributed by atoms with van der Waals surface area (Å²) in [4.78, 5) is 0. The normalized spacial score (nSPS) is 14.1. The average molecular weight is 145 g/mol. The van der Waals surface area contributed by atoms with E-state index in [-0.39, 0.29) is 0 Å². The second kappa shape index (κ2) is 5.69. The molecule has 0 saturated carbocycles. The molecule has 1 atom stereocenters. The lowest BCUT2D eigenvalue weighted by Crippen LogP contribution is -2.26. The van der Waals surface area contributed by atoms with Gasteiger partial charge in [0.15, 0.2) is 0 Å². The highest BCUT2D eigenvalue weighted by molar-refractivity contribution is 4.56. The van der Waals surface area contributed by atoms with Crippen LogP contribution in [0.25, 0.3) is 0 Å². The fourth-order valence-electron chi connectivity index (χ4n) is 0.693. The number of ether oxygens (including phenoxy) is 1. The molecule has 0 aromatic heterocycles. The first-order valence-electron chi connectivity index (χ1n) is 3.93. The highest BCUT2D eigenvalue weighted by Crippen LogP contribution is 1.92.